The number of aliphatic carboxylic acids is 1. The number of nitrogens with one attached hydrogen (secondary N) is 1. The number of hydrogen-bond donors (Lipinski definition) is 3. The summed E-state index contributed by atoms with van der Waals surface area (Å²) in [7, 11) is 1.59. The van der Waals surface area contributed by atoms with Crippen LogP contribution in [-0.4, -0.2) is 51.9 Å². The number of aryl methyl sites for hydroxylation is 2. The molecule has 1 fully saturated rings. The van der Waals surface area contributed by atoms with Crippen LogP contribution in [0.5, 0.6) is 0 Å². The molecule has 0 saturated heterocycles. The molecule has 1 heterocycles. The molecular formula is C30H39F2KN4O6-2. The predicted molar refractivity (Wildman–Crippen MR) is 154 cm³/mol. The Bertz CT molecular complexity index is 1450. The molecule has 0 spiro atoms. The van der Waals surface area contributed by atoms with Gasteiger partial charge in [0.15, 0.2) is 0 Å². The van der Waals surface area contributed by atoms with Gasteiger partial charge in [0.05, 0.1) is 12.3 Å². The Kier molecular flexibility index (Phi) is 18.2. The Labute approximate surface area is 292 Å². The quantitative estimate of drug-likeness (QED) is 0.115. The van der Waals surface area contributed by atoms with Crippen molar-refractivity contribution in [2.45, 2.75) is 51.5 Å². The third-order valence-electron chi connectivity index (χ3n) is 7.50. The van der Waals surface area contributed by atoms with E-state index >= 15 is 0 Å². The third-order valence-corrected chi connectivity index (χ3v) is 7.50. The molecule has 3 aromatic rings. The fourth-order valence-corrected chi connectivity index (χ4v) is 4.94. The van der Waals surface area contributed by atoms with E-state index in [0.717, 1.165) is 53.1 Å². The van der Waals surface area contributed by atoms with E-state index in [9.17, 15) is 19.2 Å². The van der Waals surface area contributed by atoms with Gasteiger partial charge in [0.25, 0.3) is 5.56 Å². The molecule has 2 aromatic carbocycles. The van der Waals surface area contributed by atoms with Crippen LogP contribution in [-0.2, 0) is 27.8 Å². The van der Waals surface area contributed by atoms with Crippen LogP contribution in [0.1, 0.15) is 44.6 Å². The van der Waals surface area contributed by atoms with E-state index in [1.807, 2.05) is 31.2 Å². The number of ether oxygens (including phenoxy) is 1. The number of rotatable bonds is 10. The van der Waals surface area contributed by atoms with Gasteiger partial charge in [0, 0.05) is 49.1 Å². The van der Waals surface area contributed by atoms with Crippen LogP contribution >= 0.6 is 0 Å². The summed E-state index contributed by atoms with van der Waals surface area (Å²) in [6.07, 6.45) is 5.65. The second kappa shape index (κ2) is 19.2. The summed E-state index contributed by atoms with van der Waals surface area (Å²) in [5.74, 6) is -1.03. The van der Waals surface area contributed by atoms with Crippen LogP contribution in [0.4, 0.5) is 0 Å². The Morgan fingerprint density at radius 1 is 1.09 bits per heavy atom. The number of aromatic nitrogens is 2. The van der Waals surface area contributed by atoms with Crippen LogP contribution in [0.25, 0.3) is 16.5 Å². The first-order valence-electron chi connectivity index (χ1n) is 13.5. The van der Waals surface area contributed by atoms with E-state index in [-0.39, 0.29) is 78.5 Å². The van der Waals surface area contributed by atoms with Gasteiger partial charge in [-0.05, 0) is 49.1 Å². The van der Waals surface area contributed by atoms with Gasteiger partial charge in [-0.25, -0.2) is 9.36 Å². The molecule has 1 amide bonds. The summed E-state index contributed by atoms with van der Waals surface area (Å²) in [6, 6.07) is 12.7. The maximum atomic E-state index is 12.4. The van der Waals surface area contributed by atoms with Gasteiger partial charge in [-0.1, -0.05) is 43.9 Å². The average molecular weight is 629 g/mol. The molecule has 13 heteroatoms. The number of halogens is 2. The first-order chi connectivity index (χ1) is 19.1. The molecule has 0 unspecified atom stereocenters. The van der Waals surface area contributed by atoms with Gasteiger partial charge in [0.1, 0.15) is 0 Å². The van der Waals surface area contributed by atoms with E-state index < -0.39 is 17.2 Å². The van der Waals surface area contributed by atoms with Crippen molar-refractivity contribution in [3.8, 4) is 5.69 Å². The zero-order chi connectivity index (χ0) is 29.3. The van der Waals surface area contributed by atoms with Gasteiger partial charge >= 0.3 is 63.0 Å². The molecule has 10 nitrogen and oxygen atoms in total. The Morgan fingerprint density at radius 2 is 1.72 bits per heavy atom. The number of fused-ring (bicyclic) bond motifs is 1. The second-order valence-corrected chi connectivity index (χ2v) is 10.3. The number of carbonyl (C=O) groups is 2. The van der Waals surface area contributed by atoms with Crippen LogP contribution in [0.2, 0.25) is 0 Å². The number of hydrogen-bond acceptors (Lipinski definition) is 6. The van der Waals surface area contributed by atoms with Gasteiger partial charge in [-0.15, -0.1) is 0 Å². The van der Waals surface area contributed by atoms with E-state index in [1.165, 1.54) is 16.8 Å². The summed E-state index contributed by atoms with van der Waals surface area (Å²) in [6.45, 7) is 7.65. The zero-order valence-corrected chi connectivity index (χ0v) is 28.1. The number of carbonyl (C=O) groups excluding carboxylic acids is 1. The van der Waals surface area contributed by atoms with Crippen LogP contribution < -0.4 is 83.1 Å². The largest absolute Gasteiger partial charge is 1.00 e. The third kappa shape index (κ3) is 11.0. The summed E-state index contributed by atoms with van der Waals surface area (Å²) < 4.78 is 7.63. The van der Waals surface area contributed by atoms with Crippen molar-refractivity contribution in [3.05, 3.63) is 82.0 Å². The van der Waals surface area contributed by atoms with Crippen LogP contribution in [0.3, 0.4) is 0 Å². The molecule has 0 radical (unpaired) electrons. The monoisotopic (exact) mass is 628 g/mol. The molecule has 1 aromatic heterocycles. The minimum Gasteiger partial charge on any atom is -1.00 e. The molecule has 0 atom stereocenters. The maximum Gasteiger partial charge on any atom is 1.00 e. The topological polar surface area (TPSA) is 146 Å². The van der Waals surface area contributed by atoms with Crippen molar-refractivity contribution in [2.75, 3.05) is 19.8 Å². The fraction of sp³-hybridized carbons (Fsp3) is 0.433. The number of nitrogens with two attached hydrogens (primary N) is 1. The molecule has 4 rings (SSSR count). The first kappa shape index (κ1) is 40.7. The van der Waals surface area contributed by atoms with Crippen molar-refractivity contribution >= 4 is 22.6 Å². The SMILES string of the molecule is Cn1ccc(=O)n(-c2cccc3c(CCC(=O)O)cccc23)c1=O.[CH2-]COCCNC1CCC(C)(C(N)=O)CC1.[F-].[F-].[K+]. The van der Waals surface area contributed by atoms with Gasteiger partial charge < -0.3 is 41.8 Å². The summed E-state index contributed by atoms with van der Waals surface area (Å²) in [5.41, 5.74) is 5.65. The number of primary amides is 1. The van der Waals surface area contributed by atoms with E-state index in [4.69, 9.17) is 15.6 Å². The smallest absolute Gasteiger partial charge is 1.00 e. The standard InChI is InChI=1S/C18H16N2O4.C12H23N2O2.2FH.K/c1-19-11-10-16(21)20(18(19)24)15-7-3-5-13-12(8-9-17(22)23)4-2-6-14(13)15;1-3-16-9-8-14-10-4-6-12(2,7-5-10)11(13)15;;;/h2-7,10-11H,8-9H2,1H3,(H,22,23);10,14H,1,3-9H2,2H3,(H2,13,15);2*1H;/q;-1;;;+1/p-2. The minimum atomic E-state index is -0.865. The van der Waals surface area contributed by atoms with Crippen molar-refractivity contribution in [1.82, 2.24) is 14.5 Å². The molecule has 0 aliphatic heterocycles. The summed E-state index contributed by atoms with van der Waals surface area (Å²) in [4.78, 5) is 46.7. The van der Waals surface area contributed by atoms with Crippen molar-refractivity contribution in [1.29, 1.82) is 0 Å². The van der Waals surface area contributed by atoms with Crippen molar-refractivity contribution < 1.29 is 80.2 Å². The van der Waals surface area contributed by atoms with E-state index in [0.29, 0.717) is 31.4 Å². The minimum absolute atomic E-state index is 0. The molecule has 1 aliphatic carbocycles. The average Bonchev–Trinajstić information content (AvgIpc) is 2.93. The normalized spacial score (nSPS) is 17.3. The zero-order valence-electron chi connectivity index (χ0n) is 25.0. The van der Waals surface area contributed by atoms with Crippen molar-refractivity contribution in [2.24, 2.45) is 18.2 Å². The van der Waals surface area contributed by atoms with Gasteiger partial charge in [0.2, 0.25) is 5.91 Å². The summed E-state index contributed by atoms with van der Waals surface area (Å²) in [5, 5.41) is 13.9. The number of nitrogens with zero attached hydrogens (tertiary/aromatic N) is 2. The first-order valence-corrected chi connectivity index (χ1v) is 13.5. The van der Waals surface area contributed by atoms with Crippen molar-refractivity contribution in [3.63, 3.8) is 0 Å². The van der Waals surface area contributed by atoms with E-state index in [2.05, 4.69) is 12.2 Å². The van der Waals surface area contributed by atoms with Crippen LogP contribution in [0.15, 0.2) is 58.3 Å². The molecule has 232 valence electrons. The Morgan fingerprint density at radius 3 is 2.33 bits per heavy atom. The number of benzene rings is 2. The predicted octanol–water partition coefficient (Wildman–Crippen LogP) is -6.42. The second-order valence-electron chi connectivity index (χ2n) is 10.3. The summed E-state index contributed by atoms with van der Waals surface area (Å²) >= 11 is 0. The number of amides is 1. The van der Waals surface area contributed by atoms with Crippen LogP contribution in [0, 0.1) is 12.3 Å². The molecule has 0 bridgehead atoms. The maximum absolute atomic E-state index is 12.4. The molecular weight excluding hydrogens is 589 g/mol. The Balaban J connectivity index is 0.000000824. The fourth-order valence-electron chi connectivity index (χ4n) is 4.94. The molecule has 1 saturated carbocycles. The molecule has 1 aliphatic rings. The van der Waals surface area contributed by atoms with Gasteiger partial charge in [-0.3, -0.25) is 14.4 Å². The van der Waals surface area contributed by atoms with Gasteiger partial charge in [-0.2, -0.15) is 0 Å². The molecule has 4 N–H and O–H groups in total. The molecule has 43 heavy (non-hydrogen) atoms. The van der Waals surface area contributed by atoms with E-state index in [1.54, 1.807) is 19.2 Å². The Hall–Kier alpha value is -2.26. The number of carboxylic acid groups (broad SMARTS) is 1. The number of carboxylic acids is 1.